The monoisotopic (exact) mass is 475 g/mol. The minimum atomic E-state index is -0.522. The Morgan fingerprint density at radius 3 is 2.68 bits per heavy atom. The van der Waals surface area contributed by atoms with E-state index in [1.165, 1.54) is 33.7 Å². The van der Waals surface area contributed by atoms with Gasteiger partial charge >= 0.3 is 0 Å². The lowest BCUT2D eigenvalue weighted by molar-refractivity contribution is 0.101. The predicted octanol–water partition coefficient (Wildman–Crippen LogP) is 5.36. The summed E-state index contributed by atoms with van der Waals surface area (Å²) in [5, 5.41) is 13.7. The van der Waals surface area contributed by atoms with Crippen LogP contribution in [0.2, 0.25) is 5.02 Å². The molecule has 0 bridgehead atoms. The molecule has 0 unspecified atom stereocenters. The summed E-state index contributed by atoms with van der Waals surface area (Å²) in [6.45, 7) is 0.617. The van der Waals surface area contributed by atoms with Crippen molar-refractivity contribution in [2.24, 2.45) is 0 Å². The topological polar surface area (TPSA) is 74.0 Å². The van der Waals surface area contributed by atoms with Crippen LogP contribution in [0.1, 0.15) is 16.1 Å². The Labute approximate surface area is 199 Å². The van der Waals surface area contributed by atoms with Crippen LogP contribution < -0.4 is 10.1 Å². The summed E-state index contributed by atoms with van der Waals surface area (Å²) in [7, 11) is 0. The highest BCUT2D eigenvalue weighted by atomic mass is 35.5. The van der Waals surface area contributed by atoms with E-state index in [0.29, 0.717) is 18.1 Å². The van der Waals surface area contributed by atoms with Crippen molar-refractivity contribution < 1.29 is 13.9 Å². The number of hydrogen-bond acceptors (Lipinski definition) is 4. The largest absolute Gasteiger partial charge is 0.471 e. The summed E-state index contributed by atoms with van der Waals surface area (Å²) in [5.41, 5.74) is 1.35. The number of halogens is 2. The summed E-state index contributed by atoms with van der Waals surface area (Å²) in [6.07, 6.45) is 3.43. The number of amides is 1. The first-order valence-electron chi connectivity index (χ1n) is 10.5. The van der Waals surface area contributed by atoms with Gasteiger partial charge in [-0.25, -0.2) is 9.07 Å². The summed E-state index contributed by atoms with van der Waals surface area (Å²) < 4.78 is 22.0. The third-order valence-corrected chi connectivity index (χ3v) is 5.51. The minimum absolute atomic E-state index is 0.0297. The first-order valence-corrected chi connectivity index (χ1v) is 10.9. The number of nitrogens with zero attached hydrogens (tertiary/aromatic N) is 4. The normalized spacial score (nSPS) is 11.0. The molecule has 0 aliphatic carbocycles. The van der Waals surface area contributed by atoms with Crippen LogP contribution in [-0.4, -0.2) is 25.5 Å². The van der Waals surface area contributed by atoms with Crippen molar-refractivity contribution in [3.8, 4) is 5.75 Å². The van der Waals surface area contributed by atoms with Gasteiger partial charge in [-0.15, -0.1) is 0 Å². The maximum Gasteiger partial charge on any atom is 0.277 e. The van der Waals surface area contributed by atoms with Crippen LogP contribution in [0, 0.1) is 5.82 Å². The van der Waals surface area contributed by atoms with E-state index in [4.69, 9.17) is 16.3 Å². The highest BCUT2D eigenvalue weighted by molar-refractivity contribution is 6.30. The second-order valence-corrected chi connectivity index (χ2v) is 7.99. The lowest BCUT2D eigenvalue weighted by atomic mass is 10.0. The average Bonchev–Trinajstić information content (AvgIpc) is 3.50. The molecule has 0 radical (unpaired) electrons. The molecule has 3 aromatic carbocycles. The SMILES string of the molecule is O=C(Nc1ccn(Cc2cccc3ccccc23)n1)c1ccn(COc2ccc(F)c(Cl)c2)n1. The number of nitrogens with one attached hydrogen (secondary N) is 1. The van der Waals surface area contributed by atoms with Crippen LogP contribution >= 0.6 is 11.6 Å². The molecule has 0 aliphatic heterocycles. The first-order chi connectivity index (χ1) is 16.5. The molecule has 0 spiro atoms. The van der Waals surface area contributed by atoms with Crippen molar-refractivity contribution in [2.45, 2.75) is 13.3 Å². The number of benzene rings is 3. The Bertz CT molecular complexity index is 1470. The van der Waals surface area contributed by atoms with E-state index in [0.717, 1.165) is 5.56 Å². The number of carbonyl (C=O) groups is 1. The number of hydrogen-bond donors (Lipinski definition) is 1. The third kappa shape index (κ3) is 4.77. The van der Waals surface area contributed by atoms with E-state index in [9.17, 15) is 9.18 Å². The van der Waals surface area contributed by atoms with Crippen molar-refractivity contribution in [1.29, 1.82) is 0 Å². The molecule has 1 amide bonds. The van der Waals surface area contributed by atoms with Crippen LogP contribution in [0.5, 0.6) is 5.75 Å². The summed E-state index contributed by atoms with van der Waals surface area (Å²) in [6, 6.07) is 21.7. The fraction of sp³-hybridized carbons (Fsp3) is 0.0800. The van der Waals surface area contributed by atoms with Crippen LogP contribution in [0.4, 0.5) is 10.2 Å². The zero-order valence-corrected chi connectivity index (χ0v) is 18.6. The van der Waals surface area contributed by atoms with E-state index >= 15 is 0 Å². The number of carbonyl (C=O) groups excluding carboxylic acids is 1. The smallest absolute Gasteiger partial charge is 0.277 e. The summed E-state index contributed by atoms with van der Waals surface area (Å²) in [5.74, 6) is -0.0905. The Morgan fingerprint density at radius 2 is 1.79 bits per heavy atom. The number of aromatic nitrogens is 4. The van der Waals surface area contributed by atoms with Gasteiger partial charge in [0.25, 0.3) is 5.91 Å². The van der Waals surface area contributed by atoms with Gasteiger partial charge in [0.2, 0.25) is 0 Å². The Hall–Kier alpha value is -4.17. The molecule has 34 heavy (non-hydrogen) atoms. The zero-order chi connectivity index (χ0) is 23.5. The maximum atomic E-state index is 13.2. The second kappa shape index (κ2) is 9.36. The molecular formula is C25H19ClFN5O2. The molecule has 2 aromatic heterocycles. The average molecular weight is 476 g/mol. The molecule has 1 N–H and O–H groups in total. The van der Waals surface area contributed by atoms with E-state index in [-0.39, 0.29) is 23.4 Å². The van der Waals surface area contributed by atoms with Crippen molar-refractivity contribution in [2.75, 3.05) is 5.32 Å². The van der Waals surface area contributed by atoms with Crippen molar-refractivity contribution in [3.05, 3.63) is 107 Å². The molecule has 0 aliphatic rings. The number of fused-ring (bicyclic) bond motifs is 1. The van der Waals surface area contributed by atoms with Gasteiger partial charge in [0.15, 0.2) is 18.2 Å². The van der Waals surface area contributed by atoms with E-state index in [1.54, 1.807) is 23.0 Å². The van der Waals surface area contributed by atoms with Gasteiger partial charge in [-0.1, -0.05) is 54.1 Å². The quantitative estimate of drug-likeness (QED) is 0.344. The molecule has 0 fully saturated rings. The van der Waals surface area contributed by atoms with Crippen LogP contribution in [0.3, 0.4) is 0 Å². The minimum Gasteiger partial charge on any atom is -0.471 e. The number of anilines is 1. The van der Waals surface area contributed by atoms with Gasteiger partial charge in [0.1, 0.15) is 11.6 Å². The molecule has 0 atom stereocenters. The molecule has 0 saturated carbocycles. The van der Waals surface area contributed by atoms with E-state index in [2.05, 4.69) is 39.8 Å². The maximum absolute atomic E-state index is 13.2. The van der Waals surface area contributed by atoms with Gasteiger partial charge in [0.05, 0.1) is 11.6 Å². The summed E-state index contributed by atoms with van der Waals surface area (Å²) in [4.78, 5) is 12.6. The Kier molecular flexibility index (Phi) is 5.97. The standard InChI is InChI=1S/C25H19ClFN5O2/c26-21-14-19(8-9-22(21)27)34-16-32-12-10-23(29-32)25(33)28-24-11-13-31(30-24)15-18-6-3-5-17-4-1-2-7-20(17)18/h1-14H,15-16H2,(H,28,30,33). The lowest BCUT2D eigenvalue weighted by Crippen LogP contribution is -2.15. The zero-order valence-electron chi connectivity index (χ0n) is 17.9. The number of rotatable bonds is 7. The predicted molar refractivity (Wildman–Crippen MR) is 127 cm³/mol. The lowest BCUT2D eigenvalue weighted by Gasteiger charge is -2.07. The van der Waals surface area contributed by atoms with Crippen LogP contribution in [-0.2, 0) is 13.3 Å². The first kappa shape index (κ1) is 21.7. The molecule has 2 heterocycles. The highest BCUT2D eigenvalue weighted by Gasteiger charge is 2.12. The Balaban J connectivity index is 1.21. The van der Waals surface area contributed by atoms with Crippen molar-refractivity contribution >= 4 is 34.1 Å². The molecule has 7 nitrogen and oxygen atoms in total. The second-order valence-electron chi connectivity index (χ2n) is 7.58. The van der Waals surface area contributed by atoms with Gasteiger partial charge in [-0.3, -0.25) is 9.48 Å². The third-order valence-electron chi connectivity index (χ3n) is 5.22. The van der Waals surface area contributed by atoms with Crippen molar-refractivity contribution in [1.82, 2.24) is 19.6 Å². The van der Waals surface area contributed by atoms with Gasteiger partial charge in [-0.2, -0.15) is 10.2 Å². The molecule has 5 aromatic rings. The van der Waals surface area contributed by atoms with Crippen LogP contribution in [0.15, 0.2) is 85.2 Å². The molecule has 170 valence electrons. The van der Waals surface area contributed by atoms with Gasteiger partial charge < -0.3 is 10.1 Å². The number of ether oxygens (including phenoxy) is 1. The highest BCUT2D eigenvalue weighted by Crippen LogP contribution is 2.22. The van der Waals surface area contributed by atoms with E-state index in [1.807, 2.05) is 24.4 Å². The van der Waals surface area contributed by atoms with Gasteiger partial charge in [-0.05, 0) is 34.5 Å². The fourth-order valence-electron chi connectivity index (χ4n) is 3.56. The van der Waals surface area contributed by atoms with E-state index < -0.39 is 5.82 Å². The van der Waals surface area contributed by atoms with Crippen LogP contribution in [0.25, 0.3) is 10.8 Å². The molecule has 9 heteroatoms. The molecule has 5 rings (SSSR count). The molecular weight excluding hydrogens is 457 g/mol. The molecule has 0 saturated heterocycles. The van der Waals surface area contributed by atoms with Gasteiger partial charge in [0, 0.05) is 24.5 Å². The Morgan fingerprint density at radius 1 is 0.971 bits per heavy atom. The summed E-state index contributed by atoms with van der Waals surface area (Å²) >= 11 is 5.75. The fourth-order valence-corrected chi connectivity index (χ4v) is 3.73. The van der Waals surface area contributed by atoms with Crippen molar-refractivity contribution in [3.63, 3.8) is 0 Å².